The van der Waals surface area contributed by atoms with Crippen LogP contribution in [0.3, 0.4) is 0 Å². The summed E-state index contributed by atoms with van der Waals surface area (Å²) in [5.74, 6) is -0.183. The van der Waals surface area contributed by atoms with E-state index in [1.165, 1.54) is 18.3 Å². The number of aromatic nitrogens is 1. The molecule has 33 heavy (non-hydrogen) atoms. The summed E-state index contributed by atoms with van der Waals surface area (Å²) in [6, 6.07) is 5.84. The number of benzene rings is 1. The smallest absolute Gasteiger partial charge is 0.410 e. The molecule has 0 aliphatic carbocycles. The van der Waals surface area contributed by atoms with Gasteiger partial charge in [-0.05, 0) is 51.0 Å². The number of likely N-dealkylation sites (tertiary alicyclic amines) is 1. The Bertz CT molecular complexity index is 988. The molecule has 1 N–H and O–H groups in total. The van der Waals surface area contributed by atoms with Crippen molar-refractivity contribution in [2.75, 3.05) is 19.6 Å². The second-order valence-corrected chi connectivity index (χ2v) is 9.34. The maximum Gasteiger partial charge on any atom is 0.410 e. The summed E-state index contributed by atoms with van der Waals surface area (Å²) in [5, 5.41) is 3.14. The lowest BCUT2D eigenvalue weighted by Gasteiger charge is -2.33. The largest absolute Gasteiger partial charge is 0.489 e. The van der Waals surface area contributed by atoms with Crippen LogP contribution in [0.4, 0.5) is 9.18 Å². The molecule has 1 aromatic carbocycles. The Morgan fingerprint density at radius 1 is 1.21 bits per heavy atom. The Morgan fingerprint density at radius 2 is 1.94 bits per heavy atom. The maximum absolute atomic E-state index is 13.1. The quantitative estimate of drug-likeness (QED) is 0.656. The molecule has 2 heterocycles. The van der Waals surface area contributed by atoms with Gasteiger partial charge in [0.05, 0.1) is 11.8 Å². The number of hydrogen-bond donors (Lipinski definition) is 1. The summed E-state index contributed by atoms with van der Waals surface area (Å²) in [6.45, 7) is 6.95. The highest BCUT2D eigenvalue weighted by atomic mass is 35.5. The van der Waals surface area contributed by atoms with E-state index in [-0.39, 0.29) is 18.1 Å². The zero-order valence-electron chi connectivity index (χ0n) is 19.1. The minimum absolute atomic E-state index is 0.0792. The first kappa shape index (κ1) is 24.8. The molecule has 1 saturated heterocycles. The highest BCUT2D eigenvalue weighted by Crippen LogP contribution is 2.21. The first-order chi connectivity index (χ1) is 15.6. The minimum Gasteiger partial charge on any atom is -0.489 e. The van der Waals surface area contributed by atoms with Crippen LogP contribution in [0.15, 0.2) is 36.7 Å². The molecule has 0 spiro atoms. The standard InChI is InChI=1S/C24H29ClFN3O4/c1-24(2,3)33-23(31)29-10-7-19(8-11-29)32-20-12-17(14-27-15-20)22(30)28-9-6-16-4-5-18(26)13-21(16)25/h4-5,12-15,19H,6-11H2,1-3H3,(H,28,30). The number of hydrogen-bond acceptors (Lipinski definition) is 5. The average molecular weight is 478 g/mol. The second-order valence-electron chi connectivity index (χ2n) is 8.94. The Balaban J connectivity index is 1.47. The summed E-state index contributed by atoms with van der Waals surface area (Å²) in [4.78, 5) is 30.5. The van der Waals surface area contributed by atoms with Gasteiger partial charge < -0.3 is 19.7 Å². The molecule has 2 aromatic rings. The number of halogens is 2. The van der Waals surface area contributed by atoms with Crippen molar-refractivity contribution in [2.24, 2.45) is 0 Å². The molecule has 2 amide bonds. The van der Waals surface area contributed by atoms with Gasteiger partial charge in [-0.25, -0.2) is 9.18 Å². The van der Waals surface area contributed by atoms with E-state index in [9.17, 15) is 14.0 Å². The highest BCUT2D eigenvalue weighted by molar-refractivity contribution is 6.31. The Hall–Kier alpha value is -2.87. The molecule has 0 bridgehead atoms. The van der Waals surface area contributed by atoms with E-state index in [4.69, 9.17) is 21.1 Å². The molecule has 0 atom stereocenters. The van der Waals surface area contributed by atoms with E-state index < -0.39 is 11.4 Å². The van der Waals surface area contributed by atoms with Gasteiger partial charge in [-0.3, -0.25) is 9.78 Å². The Kier molecular flexibility index (Phi) is 8.13. The molecular formula is C24H29ClFN3O4. The van der Waals surface area contributed by atoms with Crippen molar-refractivity contribution in [1.29, 1.82) is 0 Å². The topological polar surface area (TPSA) is 80.8 Å². The van der Waals surface area contributed by atoms with E-state index in [0.29, 0.717) is 55.2 Å². The number of carbonyl (C=O) groups is 2. The normalized spacial score (nSPS) is 14.6. The second kappa shape index (κ2) is 10.8. The monoisotopic (exact) mass is 477 g/mol. The third-order valence-corrected chi connectivity index (χ3v) is 5.42. The number of pyridine rings is 1. The molecule has 0 radical (unpaired) electrons. The first-order valence-electron chi connectivity index (χ1n) is 10.9. The fourth-order valence-corrected chi connectivity index (χ4v) is 3.68. The van der Waals surface area contributed by atoms with Gasteiger partial charge in [0.2, 0.25) is 0 Å². The van der Waals surface area contributed by atoms with Crippen LogP contribution in [-0.4, -0.2) is 53.2 Å². The molecule has 9 heteroatoms. The first-order valence-corrected chi connectivity index (χ1v) is 11.3. The Morgan fingerprint density at radius 3 is 2.61 bits per heavy atom. The number of amides is 2. The maximum atomic E-state index is 13.1. The number of carbonyl (C=O) groups excluding carboxylic acids is 2. The van der Waals surface area contributed by atoms with E-state index in [1.807, 2.05) is 20.8 Å². The van der Waals surface area contributed by atoms with Crippen LogP contribution < -0.4 is 10.1 Å². The van der Waals surface area contributed by atoms with Gasteiger partial charge in [0.25, 0.3) is 5.91 Å². The van der Waals surface area contributed by atoms with E-state index >= 15 is 0 Å². The SMILES string of the molecule is CC(C)(C)OC(=O)N1CCC(Oc2cncc(C(=O)NCCc3ccc(F)cc3Cl)c2)CC1. The van der Waals surface area contributed by atoms with Crippen molar-refractivity contribution in [2.45, 2.75) is 51.7 Å². The van der Waals surface area contributed by atoms with Crippen molar-refractivity contribution in [1.82, 2.24) is 15.2 Å². The van der Waals surface area contributed by atoms with Gasteiger partial charge in [0.1, 0.15) is 23.3 Å². The highest BCUT2D eigenvalue weighted by Gasteiger charge is 2.27. The molecule has 178 valence electrons. The van der Waals surface area contributed by atoms with Gasteiger partial charge in [-0.15, -0.1) is 0 Å². The number of rotatable bonds is 6. The molecule has 0 unspecified atom stereocenters. The zero-order chi connectivity index (χ0) is 24.0. The number of ether oxygens (including phenoxy) is 2. The van der Waals surface area contributed by atoms with Gasteiger partial charge >= 0.3 is 6.09 Å². The van der Waals surface area contributed by atoms with Gasteiger partial charge in [0.15, 0.2) is 0 Å². The van der Waals surface area contributed by atoms with Crippen LogP contribution in [0.2, 0.25) is 5.02 Å². The molecule has 1 aliphatic heterocycles. The zero-order valence-corrected chi connectivity index (χ0v) is 19.8. The van der Waals surface area contributed by atoms with Crippen LogP contribution in [0.1, 0.15) is 49.5 Å². The predicted octanol–water partition coefficient (Wildman–Crippen LogP) is 4.62. The van der Waals surface area contributed by atoms with Crippen molar-refractivity contribution < 1.29 is 23.5 Å². The van der Waals surface area contributed by atoms with Gasteiger partial charge in [-0.2, -0.15) is 0 Å². The summed E-state index contributed by atoms with van der Waals surface area (Å²) in [7, 11) is 0. The third-order valence-electron chi connectivity index (χ3n) is 5.07. The van der Waals surface area contributed by atoms with Crippen molar-refractivity contribution in [3.05, 3.63) is 58.6 Å². The lowest BCUT2D eigenvalue weighted by atomic mass is 10.1. The third kappa shape index (κ3) is 7.60. The fraction of sp³-hybridized carbons (Fsp3) is 0.458. The van der Waals surface area contributed by atoms with E-state index in [2.05, 4.69) is 10.3 Å². The predicted molar refractivity (Wildman–Crippen MR) is 123 cm³/mol. The summed E-state index contributed by atoms with van der Waals surface area (Å²) in [5.41, 5.74) is 0.609. The summed E-state index contributed by atoms with van der Waals surface area (Å²) >= 11 is 6.02. The summed E-state index contributed by atoms with van der Waals surface area (Å²) in [6.07, 6.45) is 4.44. The lowest BCUT2D eigenvalue weighted by molar-refractivity contribution is 0.0126. The number of nitrogens with zero attached hydrogens (tertiary/aromatic N) is 2. The van der Waals surface area contributed by atoms with Gasteiger partial charge in [0, 0.05) is 43.7 Å². The molecule has 1 aromatic heterocycles. The molecule has 1 aliphatic rings. The molecule has 3 rings (SSSR count). The fourth-order valence-electron chi connectivity index (χ4n) is 3.42. The number of nitrogens with one attached hydrogen (secondary N) is 1. The van der Waals surface area contributed by atoms with E-state index in [0.717, 1.165) is 5.56 Å². The van der Waals surface area contributed by atoms with Crippen molar-refractivity contribution >= 4 is 23.6 Å². The molecular weight excluding hydrogens is 449 g/mol. The minimum atomic E-state index is -0.525. The molecule has 0 saturated carbocycles. The summed E-state index contributed by atoms with van der Waals surface area (Å²) < 4.78 is 24.6. The average Bonchev–Trinajstić information content (AvgIpc) is 2.74. The van der Waals surface area contributed by atoms with E-state index in [1.54, 1.807) is 23.2 Å². The lowest BCUT2D eigenvalue weighted by Crippen LogP contribution is -2.44. The van der Waals surface area contributed by atoms with Crippen LogP contribution >= 0.6 is 11.6 Å². The van der Waals surface area contributed by atoms with Crippen LogP contribution in [0.25, 0.3) is 0 Å². The van der Waals surface area contributed by atoms with Crippen LogP contribution in [-0.2, 0) is 11.2 Å². The van der Waals surface area contributed by atoms with Crippen molar-refractivity contribution in [3.8, 4) is 5.75 Å². The molecule has 7 nitrogen and oxygen atoms in total. The number of piperidine rings is 1. The van der Waals surface area contributed by atoms with Crippen LogP contribution in [0, 0.1) is 5.82 Å². The molecule has 1 fully saturated rings. The van der Waals surface area contributed by atoms with Gasteiger partial charge in [-0.1, -0.05) is 17.7 Å². The van der Waals surface area contributed by atoms with Crippen molar-refractivity contribution in [3.63, 3.8) is 0 Å². The Labute approximate surface area is 198 Å². The van der Waals surface area contributed by atoms with Crippen LogP contribution in [0.5, 0.6) is 5.75 Å².